The van der Waals surface area contributed by atoms with Crippen molar-refractivity contribution in [1.29, 1.82) is 0 Å². The molecule has 7 rings (SSSR count). The zero-order chi connectivity index (χ0) is 32.2. The molecule has 0 spiro atoms. The predicted octanol–water partition coefficient (Wildman–Crippen LogP) is 8.12. The lowest BCUT2D eigenvalue weighted by Gasteiger charge is -2.41. The zero-order valence-corrected chi connectivity index (χ0v) is 27.0. The van der Waals surface area contributed by atoms with Crippen LogP contribution < -0.4 is 5.32 Å². The molecule has 3 heterocycles. The maximum absolute atomic E-state index is 14.0. The van der Waals surface area contributed by atoms with Gasteiger partial charge in [0.2, 0.25) is 0 Å². The maximum Gasteiger partial charge on any atom is 0.252 e. The van der Waals surface area contributed by atoms with Crippen molar-refractivity contribution < 1.29 is 14.0 Å². The lowest BCUT2D eigenvalue weighted by Crippen LogP contribution is -2.52. The summed E-state index contributed by atoms with van der Waals surface area (Å²) in [6.45, 7) is 3.40. The van der Waals surface area contributed by atoms with Gasteiger partial charge >= 0.3 is 0 Å². The number of aryl methyl sites for hydroxylation is 2. The van der Waals surface area contributed by atoms with Gasteiger partial charge < -0.3 is 14.5 Å². The Morgan fingerprint density at radius 3 is 2.39 bits per heavy atom. The number of allylic oxidation sites excluding steroid dienone is 1. The number of benzene rings is 2. The van der Waals surface area contributed by atoms with E-state index in [9.17, 15) is 14.0 Å². The summed E-state index contributed by atoms with van der Waals surface area (Å²) in [5, 5.41) is 4.52. The van der Waals surface area contributed by atoms with Crippen LogP contribution >= 0.6 is 0 Å². The van der Waals surface area contributed by atoms with Crippen LogP contribution in [0.3, 0.4) is 0 Å². The van der Waals surface area contributed by atoms with Crippen molar-refractivity contribution in [3.05, 3.63) is 88.6 Å². The molecule has 2 aliphatic rings. The molecule has 0 aliphatic heterocycles. The number of amides is 1. The molecule has 0 unspecified atom stereocenters. The number of fused-ring (bicyclic) bond motifs is 2. The van der Waals surface area contributed by atoms with Gasteiger partial charge in [-0.25, -0.2) is 9.37 Å². The van der Waals surface area contributed by atoms with E-state index in [0.29, 0.717) is 17.1 Å². The number of carbonyl (C=O) groups is 2. The Morgan fingerprint density at radius 2 is 1.72 bits per heavy atom. The Bertz CT molecular complexity index is 2020. The second kappa shape index (κ2) is 11.6. The molecule has 236 valence electrons. The standard InChI is InChI=1S/C38H40FN5O2/c1-23(24(2)45)19-25-11-15-30-33(20-25)44(4)37(41-30)38(17-8-18-38)42-36(46)27-12-14-29-32(21-27)43(3)35(31-16-13-28(39)22-40-31)34(29)26-9-6-5-7-10-26/h11-16,19-22,26H,5-10,17-18H2,1-4H3,(H,42,46)/b23-19+. The van der Waals surface area contributed by atoms with Crippen molar-refractivity contribution in [2.45, 2.75) is 76.7 Å². The third-order valence-electron chi connectivity index (χ3n) is 10.3. The second-order valence-electron chi connectivity index (χ2n) is 13.3. The van der Waals surface area contributed by atoms with Crippen LogP contribution in [0.1, 0.15) is 98.4 Å². The summed E-state index contributed by atoms with van der Waals surface area (Å²) in [6.07, 6.45) is 11.7. The number of nitrogens with one attached hydrogen (secondary N) is 1. The smallest absolute Gasteiger partial charge is 0.252 e. The Balaban J connectivity index is 1.24. The van der Waals surface area contributed by atoms with E-state index < -0.39 is 5.54 Å². The van der Waals surface area contributed by atoms with E-state index in [-0.39, 0.29) is 17.5 Å². The fourth-order valence-corrected chi connectivity index (χ4v) is 7.54. The van der Waals surface area contributed by atoms with Gasteiger partial charge in [0.25, 0.3) is 5.91 Å². The van der Waals surface area contributed by atoms with Crippen LogP contribution in [0.25, 0.3) is 39.4 Å². The number of hydrogen-bond donors (Lipinski definition) is 1. The molecule has 0 atom stereocenters. The third kappa shape index (κ3) is 5.13. The highest BCUT2D eigenvalue weighted by Crippen LogP contribution is 2.44. The predicted molar refractivity (Wildman–Crippen MR) is 180 cm³/mol. The van der Waals surface area contributed by atoms with Gasteiger partial charge in [0.15, 0.2) is 5.78 Å². The van der Waals surface area contributed by atoms with Crippen LogP contribution in [-0.2, 0) is 24.4 Å². The van der Waals surface area contributed by atoms with Gasteiger partial charge in [0, 0.05) is 30.6 Å². The largest absolute Gasteiger partial charge is 0.342 e. The number of nitrogens with zero attached hydrogens (tertiary/aromatic N) is 4. The highest BCUT2D eigenvalue weighted by atomic mass is 19.1. The third-order valence-corrected chi connectivity index (χ3v) is 10.3. The van der Waals surface area contributed by atoms with E-state index >= 15 is 0 Å². The fraction of sp³-hybridized carbons (Fsp3) is 0.368. The molecule has 2 saturated carbocycles. The summed E-state index contributed by atoms with van der Waals surface area (Å²) in [5.74, 6) is 0.805. The number of pyridine rings is 1. The zero-order valence-electron chi connectivity index (χ0n) is 27.0. The first-order valence-corrected chi connectivity index (χ1v) is 16.4. The molecular formula is C38H40FN5O2. The molecule has 5 aromatic rings. The van der Waals surface area contributed by atoms with E-state index in [4.69, 9.17) is 4.98 Å². The Labute approximate surface area is 268 Å². The molecule has 8 heteroatoms. The molecule has 46 heavy (non-hydrogen) atoms. The van der Waals surface area contributed by atoms with Crippen LogP contribution in [0.2, 0.25) is 0 Å². The van der Waals surface area contributed by atoms with Crippen LogP contribution in [0, 0.1) is 5.82 Å². The number of halogens is 1. The average molecular weight is 618 g/mol. The van der Waals surface area contributed by atoms with E-state index in [0.717, 1.165) is 76.8 Å². The molecular weight excluding hydrogens is 577 g/mol. The number of rotatable bonds is 7. The highest BCUT2D eigenvalue weighted by molar-refractivity contribution is 6.01. The minimum absolute atomic E-state index is 0.0454. The summed E-state index contributed by atoms with van der Waals surface area (Å²) in [7, 11) is 4.01. The number of aromatic nitrogens is 4. The lowest BCUT2D eigenvalue weighted by molar-refractivity contribution is -0.113. The number of imidazole rings is 1. The lowest BCUT2D eigenvalue weighted by atomic mass is 9.75. The maximum atomic E-state index is 14.0. The number of Topliss-reactive ketones (excluding diaryl/α,β-unsaturated/α-hetero) is 1. The van der Waals surface area contributed by atoms with Crippen LogP contribution in [0.4, 0.5) is 4.39 Å². The molecule has 3 aromatic heterocycles. The Hall–Kier alpha value is -4.59. The van der Waals surface area contributed by atoms with E-state index in [2.05, 4.69) is 25.5 Å². The van der Waals surface area contributed by atoms with Crippen molar-refractivity contribution in [2.75, 3.05) is 0 Å². The molecule has 0 saturated heterocycles. The molecule has 1 amide bonds. The summed E-state index contributed by atoms with van der Waals surface area (Å²) in [6, 6.07) is 15.2. The SMILES string of the molecule is CC(=O)/C(C)=C/c1ccc2nc(C3(NC(=O)c4ccc5c(C6CCCCC6)c(-c6ccc(F)cn6)n(C)c5c4)CCC3)n(C)c2c1. The number of carbonyl (C=O) groups excluding carboxylic acids is 2. The van der Waals surface area contributed by atoms with Gasteiger partial charge in [-0.1, -0.05) is 31.4 Å². The van der Waals surface area contributed by atoms with Gasteiger partial charge in [-0.2, -0.15) is 0 Å². The van der Waals surface area contributed by atoms with E-state index in [1.54, 1.807) is 13.0 Å². The van der Waals surface area contributed by atoms with Crippen molar-refractivity contribution in [3.63, 3.8) is 0 Å². The van der Waals surface area contributed by atoms with Gasteiger partial charge in [-0.05, 0) is 111 Å². The van der Waals surface area contributed by atoms with Crippen LogP contribution in [0.15, 0.2) is 60.3 Å². The summed E-state index contributed by atoms with van der Waals surface area (Å²) in [4.78, 5) is 35.3. The summed E-state index contributed by atoms with van der Waals surface area (Å²) >= 11 is 0. The Morgan fingerprint density at radius 1 is 0.935 bits per heavy atom. The normalized spacial score (nSPS) is 16.9. The minimum atomic E-state index is -0.560. The van der Waals surface area contributed by atoms with E-state index in [1.165, 1.54) is 37.1 Å². The summed E-state index contributed by atoms with van der Waals surface area (Å²) < 4.78 is 18.0. The first-order chi connectivity index (χ1) is 22.1. The van der Waals surface area contributed by atoms with Crippen molar-refractivity contribution in [3.8, 4) is 11.4 Å². The van der Waals surface area contributed by atoms with Crippen LogP contribution in [-0.4, -0.2) is 30.8 Å². The topological polar surface area (TPSA) is 81.8 Å². The molecule has 0 radical (unpaired) electrons. The monoisotopic (exact) mass is 617 g/mol. The van der Waals surface area contributed by atoms with Gasteiger partial charge in [-0.15, -0.1) is 0 Å². The van der Waals surface area contributed by atoms with E-state index in [1.807, 2.05) is 57.4 Å². The molecule has 2 aliphatic carbocycles. The molecule has 7 nitrogen and oxygen atoms in total. The summed E-state index contributed by atoms with van der Waals surface area (Å²) in [5.41, 5.74) is 7.48. The number of hydrogen-bond acceptors (Lipinski definition) is 4. The first-order valence-electron chi connectivity index (χ1n) is 16.4. The highest BCUT2D eigenvalue weighted by Gasteiger charge is 2.44. The molecule has 2 aromatic carbocycles. The number of ketones is 1. The van der Waals surface area contributed by atoms with Crippen molar-refractivity contribution >= 4 is 39.7 Å². The average Bonchev–Trinajstić information content (AvgIpc) is 3.52. The Kier molecular flexibility index (Phi) is 7.62. The minimum Gasteiger partial charge on any atom is -0.342 e. The second-order valence-corrected chi connectivity index (χ2v) is 13.3. The quantitative estimate of drug-likeness (QED) is 0.187. The van der Waals surface area contributed by atoms with Gasteiger partial charge in [0.1, 0.15) is 11.6 Å². The van der Waals surface area contributed by atoms with Crippen molar-refractivity contribution in [2.24, 2.45) is 14.1 Å². The van der Waals surface area contributed by atoms with Gasteiger partial charge in [-0.3, -0.25) is 14.6 Å². The molecule has 2 fully saturated rings. The fourth-order valence-electron chi connectivity index (χ4n) is 7.54. The molecule has 0 bridgehead atoms. The van der Waals surface area contributed by atoms with Crippen LogP contribution in [0.5, 0.6) is 0 Å². The molecule has 1 N–H and O–H groups in total. The van der Waals surface area contributed by atoms with Gasteiger partial charge in [0.05, 0.1) is 34.2 Å². The van der Waals surface area contributed by atoms with Crippen molar-refractivity contribution in [1.82, 2.24) is 24.4 Å². The first kappa shape index (κ1) is 30.1.